The molecule has 0 aliphatic heterocycles. The molecule has 0 aromatic heterocycles. The molecular weight excluding hydrogens is 508 g/mol. The summed E-state index contributed by atoms with van der Waals surface area (Å²) in [7, 11) is 0. The molecule has 0 aliphatic carbocycles. The van der Waals surface area contributed by atoms with E-state index in [4.69, 9.17) is 0 Å². The van der Waals surface area contributed by atoms with Crippen LogP contribution in [-0.2, 0) is 38.4 Å². The van der Waals surface area contributed by atoms with Crippen molar-refractivity contribution in [3.63, 3.8) is 0 Å². The number of carbonyl (C=O) groups is 8. The summed E-state index contributed by atoms with van der Waals surface area (Å²) >= 11 is 0. The van der Waals surface area contributed by atoms with Gasteiger partial charge in [0, 0.05) is 0 Å². The Balaban J connectivity index is 7.63. The Kier molecular flexibility index (Phi) is 11.2. The molecule has 1 unspecified atom stereocenters. The van der Waals surface area contributed by atoms with Gasteiger partial charge in [0.2, 0.25) is 10.8 Å². The summed E-state index contributed by atoms with van der Waals surface area (Å²) in [5.74, 6) is -28.1. The van der Waals surface area contributed by atoms with Crippen LogP contribution in [-0.4, -0.2) is 88.6 Å². The highest BCUT2D eigenvalue weighted by atomic mass is 16.4. The molecule has 0 aromatic carbocycles. The zero-order valence-corrected chi connectivity index (χ0v) is 19.6. The van der Waals surface area contributed by atoms with Crippen molar-refractivity contribution in [3.05, 3.63) is 0 Å². The van der Waals surface area contributed by atoms with Gasteiger partial charge < -0.3 is 40.9 Å². The Morgan fingerprint density at radius 3 is 1.14 bits per heavy atom. The number of carboxylic acids is 8. The molecule has 0 amide bonds. The van der Waals surface area contributed by atoms with Crippen LogP contribution in [0.15, 0.2) is 0 Å². The normalized spacial score (nSPS) is 12.8. The predicted molar refractivity (Wildman–Crippen MR) is 114 cm³/mol. The summed E-state index contributed by atoms with van der Waals surface area (Å²) in [4.78, 5) is 97.8. The summed E-state index contributed by atoms with van der Waals surface area (Å²) in [6.07, 6.45) is 2.28. The van der Waals surface area contributed by atoms with Crippen molar-refractivity contribution < 1.29 is 79.2 Å². The summed E-state index contributed by atoms with van der Waals surface area (Å²) < 4.78 is 0. The first-order chi connectivity index (χ1) is 17.0. The Bertz CT molecular complexity index is 900. The van der Waals surface area contributed by atoms with Gasteiger partial charge in [-0.15, -0.1) is 0 Å². The molecule has 16 nitrogen and oxygen atoms in total. The van der Waals surface area contributed by atoms with Crippen molar-refractivity contribution in [1.29, 1.82) is 0 Å². The summed E-state index contributed by atoms with van der Waals surface area (Å²) in [5, 5.41) is 77.9. The van der Waals surface area contributed by atoms with Crippen LogP contribution in [0.25, 0.3) is 0 Å². The molecule has 0 bridgehead atoms. The van der Waals surface area contributed by atoms with Crippen molar-refractivity contribution in [2.75, 3.05) is 0 Å². The minimum Gasteiger partial charge on any atom is -0.481 e. The fraction of sp³-hybridized carbons (Fsp3) is 0.619. The number of hydrogen-bond donors (Lipinski definition) is 8. The lowest BCUT2D eigenvalue weighted by Gasteiger charge is -2.46. The van der Waals surface area contributed by atoms with E-state index in [2.05, 4.69) is 0 Å². The van der Waals surface area contributed by atoms with E-state index in [-0.39, 0.29) is 12.8 Å². The fourth-order valence-corrected chi connectivity index (χ4v) is 4.60. The third-order valence-electron chi connectivity index (χ3n) is 6.35. The van der Waals surface area contributed by atoms with Crippen LogP contribution in [0.4, 0.5) is 0 Å². The Hall–Kier alpha value is -4.24. The van der Waals surface area contributed by atoms with E-state index in [0.717, 1.165) is 19.3 Å². The third-order valence-corrected chi connectivity index (χ3v) is 6.35. The standard InChI is InChI=1S/C21H28O16/c1-2-3-4-5-6-7-8-9-10(11(22)23)19(12(24)25,13(26)27)21(17(34)35,18(36)37)20(14(28)29,15(30)31)16(32)33/h10H,2-9H2,1H3,(H,22,23)(H,24,25)(H,26,27)(H,28,29)(H,30,31)(H,32,33)(H,34,35)(H,36,37). The molecule has 16 heteroatoms. The number of carboxylic acid groups (broad SMARTS) is 8. The maximum absolute atomic E-state index is 12.4. The first-order valence-corrected chi connectivity index (χ1v) is 10.9. The molecule has 8 N–H and O–H groups in total. The van der Waals surface area contributed by atoms with E-state index in [1.807, 2.05) is 6.92 Å². The molecule has 0 rings (SSSR count). The van der Waals surface area contributed by atoms with Gasteiger partial charge in [-0.3, -0.25) is 38.4 Å². The van der Waals surface area contributed by atoms with E-state index in [1.165, 1.54) is 0 Å². The largest absolute Gasteiger partial charge is 0.481 e. The van der Waals surface area contributed by atoms with Gasteiger partial charge in [-0.25, -0.2) is 0 Å². The van der Waals surface area contributed by atoms with Gasteiger partial charge in [-0.1, -0.05) is 51.9 Å². The zero-order chi connectivity index (χ0) is 29.4. The highest BCUT2D eigenvalue weighted by molar-refractivity contribution is 6.29. The van der Waals surface area contributed by atoms with Crippen LogP contribution >= 0.6 is 0 Å². The van der Waals surface area contributed by atoms with Crippen molar-refractivity contribution in [1.82, 2.24) is 0 Å². The van der Waals surface area contributed by atoms with Gasteiger partial charge in [0.05, 0.1) is 5.92 Å². The molecule has 208 valence electrons. The summed E-state index contributed by atoms with van der Waals surface area (Å²) in [6.45, 7) is 1.93. The van der Waals surface area contributed by atoms with E-state index in [9.17, 15) is 79.2 Å². The highest BCUT2D eigenvalue weighted by Gasteiger charge is 2.89. The highest BCUT2D eigenvalue weighted by Crippen LogP contribution is 2.58. The van der Waals surface area contributed by atoms with Crippen LogP contribution in [0.3, 0.4) is 0 Å². The third kappa shape index (κ3) is 5.03. The molecule has 0 saturated heterocycles. The molecule has 0 fully saturated rings. The minimum atomic E-state index is -5.31. The summed E-state index contributed by atoms with van der Waals surface area (Å²) in [5.41, 5.74) is -15.4. The molecule has 0 saturated carbocycles. The van der Waals surface area contributed by atoms with E-state index < -0.39 is 76.3 Å². The lowest BCUT2D eigenvalue weighted by Crippen LogP contribution is -2.76. The van der Waals surface area contributed by atoms with Crippen LogP contribution in [0.2, 0.25) is 0 Å². The van der Waals surface area contributed by atoms with Crippen LogP contribution in [0, 0.1) is 22.2 Å². The first kappa shape index (κ1) is 32.8. The lowest BCUT2D eigenvalue weighted by molar-refractivity contribution is -0.227. The van der Waals surface area contributed by atoms with Crippen LogP contribution in [0.5, 0.6) is 0 Å². The molecule has 37 heavy (non-hydrogen) atoms. The van der Waals surface area contributed by atoms with Crippen molar-refractivity contribution in [3.8, 4) is 0 Å². The Morgan fingerprint density at radius 1 is 0.514 bits per heavy atom. The molecule has 0 aromatic rings. The quantitative estimate of drug-likeness (QED) is 0.0816. The van der Waals surface area contributed by atoms with Crippen molar-refractivity contribution in [2.45, 2.75) is 58.3 Å². The molecule has 0 heterocycles. The van der Waals surface area contributed by atoms with Gasteiger partial charge in [-0.05, 0) is 6.42 Å². The Morgan fingerprint density at radius 2 is 0.865 bits per heavy atom. The van der Waals surface area contributed by atoms with Gasteiger partial charge in [0.1, 0.15) is 0 Å². The van der Waals surface area contributed by atoms with Crippen molar-refractivity contribution >= 4 is 47.8 Å². The van der Waals surface area contributed by atoms with Gasteiger partial charge in [-0.2, -0.15) is 0 Å². The molecule has 1 atom stereocenters. The average molecular weight is 536 g/mol. The van der Waals surface area contributed by atoms with Gasteiger partial charge >= 0.3 is 47.8 Å². The molecular formula is C21H28O16. The molecule has 0 aliphatic rings. The van der Waals surface area contributed by atoms with Gasteiger partial charge in [0.25, 0.3) is 5.41 Å². The SMILES string of the molecule is CCCCCCCCCC(C(=O)O)C(C(=O)O)(C(=O)O)C(C(=O)O)(C(=O)O)C(C(=O)O)(C(=O)O)C(=O)O. The van der Waals surface area contributed by atoms with E-state index in [0.29, 0.717) is 12.8 Å². The lowest BCUT2D eigenvalue weighted by atomic mass is 9.45. The van der Waals surface area contributed by atoms with Gasteiger partial charge in [0.15, 0.2) is 0 Å². The van der Waals surface area contributed by atoms with Crippen LogP contribution < -0.4 is 0 Å². The van der Waals surface area contributed by atoms with Crippen molar-refractivity contribution in [2.24, 2.45) is 22.2 Å². The smallest absolute Gasteiger partial charge is 0.334 e. The number of unbranched alkanes of at least 4 members (excludes halogenated alkanes) is 6. The maximum atomic E-state index is 12.4. The second kappa shape index (κ2) is 12.6. The topological polar surface area (TPSA) is 298 Å². The minimum absolute atomic E-state index is 0.123. The average Bonchev–Trinajstić information content (AvgIpc) is 2.74. The fourth-order valence-electron chi connectivity index (χ4n) is 4.60. The van der Waals surface area contributed by atoms with E-state index in [1.54, 1.807) is 0 Å². The van der Waals surface area contributed by atoms with E-state index >= 15 is 0 Å². The maximum Gasteiger partial charge on any atom is 0.334 e. The number of rotatable bonds is 19. The molecule has 0 radical (unpaired) electrons. The second-order valence-corrected chi connectivity index (χ2v) is 8.24. The monoisotopic (exact) mass is 536 g/mol. The Labute approximate surface area is 208 Å². The molecule has 0 spiro atoms. The zero-order valence-electron chi connectivity index (χ0n) is 19.6. The first-order valence-electron chi connectivity index (χ1n) is 10.9. The number of aliphatic carboxylic acids is 8. The predicted octanol–water partition coefficient (Wildman–Crippen LogP) is 0.379. The van der Waals surface area contributed by atoms with Crippen LogP contribution in [0.1, 0.15) is 58.3 Å². The summed E-state index contributed by atoms with van der Waals surface area (Å²) in [6, 6.07) is 0. The number of hydrogen-bond acceptors (Lipinski definition) is 8. The second-order valence-electron chi connectivity index (χ2n) is 8.24.